The predicted octanol–water partition coefficient (Wildman–Crippen LogP) is 2.07. The SMILES string of the molecule is CN(Cc1ccc(C#N)cc1)C(=O)CNC(=O)c1ccc(N2CCCC2=O)cc1. The number of nitrogens with zero attached hydrogens (tertiary/aromatic N) is 3. The van der Waals surface area contributed by atoms with Crippen LogP contribution >= 0.6 is 0 Å². The summed E-state index contributed by atoms with van der Waals surface area (Å²) in [5, 5.41) is 11.5. The molecule has 29 heavy (non-hydrogen) atoms. The molecule has 1 fully saturated rings. The van der Waals surface area contributed by atoms with E-state index < -0.39 is 0 Å². The second-order valence-corrected chi connectivity index (χ2v) is 6.94. The molecule has 7 heteroatoms. The molecule has 1 N–H and O–H groups in total. The van der Waals surface area contributed by atoms with E-state index in [-0.39, 0.29) is 24.3 Å². The van der Waals surface area contributed by atoms with Gasteiger partial charge in [-0.3, -0.25) is 14.4 Å². The Labute approximate surface area is 169 Å². The molecule has 0 radical (unpaired) electrons. The highest BCUT2D eigenvalue weighted by Gasteiger charge is 2.21. The molecule has 2 aromatic carbocycles. The van der Waals surface area contributed by atoms with Crippen LogP contribution in [0.5, 0.6) is 0 Å². The van der Waals surface area contributed by atoms with Crippen molar-refractivity contribution in [3.8, 4) is 6.07 Å². The molecule has 0 saturated carbocycles. The number of hydrogen-bond acceptors (Lipinski definition) is 4. The summed E-state index contributed by atoms with van der Waals surface area (Å²) < 4.78 is 0. The summed E-state index contributed by atoms with van der Waals surface area (Å²) in [7, 11) is 1.66. The molecule has 3 rings (SSSR count). The predicted molar refractivity (Wildman–Crippen MR) is 108 cm³/mol. The number of anilines is 1. The smallest absolute Gasteiger partial charge is 0.251 e. The third-order valence-corrected chi connectivity index (χ3v) is 4.84. The molecule has 148 valence electrons. The van der Waals surface area contributed by atoms with Crippen molar-refractivity contribution in [1.29, 1.82) is 5.26 Å². The van der Waals surface area contributed by atoms with Crippen LogP contribution in [0.4, 0.5) is 5.69 Å². The van der Waals surface area contributed by atoms with E-state index in [4.69, 9.17) is 5.26 Å². The van der Waals surface area contributed by atoms with Crippen molar-refractivity contribution < 1.29 is 14.4 Å². The van der Waals surface area contributed by atoms with Crippen LogP contribution in [0.1, 0.15) is 34.3 Å². The number of hydrogen-bond donors (Lipinski definition) is 1. The first-order valence-electron chi connectivity index (χ1n) is 9.39. The van der Waals surface area contributed by atoms with Gasteiger partial charge in [0.15, 0.2) is 0 Å². The Morgan fingerprint density at radius 3 is 2.41 bits per heavy atom. The summed E-state index contributed by atoms with van der Waals surface area (Å²) in [6.07, 6.45) is 1.40. The average Bonchev–Trinajstić information content (AvgIpc) is 3.18. The first-order chi connectivity index (χ1) is 14.0. The lowest BCUT2D eigenvalue weighted by Gasteiger charge is -2.18. The van der Waals surface area contributed by atoms with Crippen molar-refractivity contribution in [3.63, 3.8) is 0 Å². The molecule has 0 unspecified atom stereocenters. The molecule has 3 amide bonds. The van der Waals surface area contributed by atoms with Crippen LogP contribution in [-0.4, -0.2) is 42.8 Å². The van der Waals surface area contributed by atoms with E-state index in [1.807, 2.05) is 0 Å². The Morgan fingerprint density at radius 2 is 1.83 bits per heavy atom. The van der Waals surface area contributed by atoms with E-state index in [0.29, 0.717) is 30.6 Å². The summed E-state index contributed by atoms with van der Waals surface area (Å²) in [6, 6.07) is 15.9. The minimum Gasteiger partial charge on any atom is -0.343 e. The van der Waals surface area contributed by atoms with Gasteiger partial charge in [-0.05, 0) is 48.4 Å². The molecular weight excluding hydrogens is 368 g/mol. The zero-order chi connectivity index (χ0) is 20.8. The molecule has 2 aromatic rings. The Hall–Kier alpha value is -3.66. The zero-order valence-corrected chi connectivity index (χ0v) is 16.2. The lowest BCUT2D eigenvalue weighted by Crippen LogP contribution is -2.37. The number of carbonyl (C=O) groups is 3. The third-order valence-electron chi connectivity index (χ3n) is 4.84. The molecule has 0 aliphatic carbocycles. The Bertz CT molecular complexity index is 946. The van der Waals surface area contributed by atoms with Gasteiger partial charge in [0.05, 0.1) is 18.2 Å². The normalized spacial score (nSPS) is 13.1. The molecule has 0 aromatic heterocycles. The van der Waals surface area contributed by atoms with E-state index in [1.165, 1.54) is 4.90 Å². The monoisotopic (exact) mass is 390 g/mol. The number of rotatable bonds is 6. The van der Waals surface area contributed by atoms with E-state index in [0.717, 1.165) is 17.7 Å². The van der Waals surface area contributed by atoms with Crippen LogP contribution in [0.3, 0.4) is 0 Å². The fourth-order valence-electron chi connectivity index (χ4n) is 3.15. The minimum atomic E-state index is -0.343. The summed E-state index contributed by atoms with van der Waals surface area (Å²) >= 11 is 0. The fraction of sp³-hybridized carbons (Fsp3) is 0.273. The molecule has 0 bridgehead atoms. The van der Waals surface area contributed by atoms with Gasteiger partial charge in [-0.25, -0.2) is 0 Å². The van der Waals surface area contributed by atoms with Crippen LogP contribution in [0.2, 0.25) is 0 Å². The average molecular weight is 390 g/mol. The highest BCUT2D eigenvalue weighted by molar-refractivity contribution is 5.98. The molecular formula is C22H22N4O3. The maximum atomic E-state index is 12.3. The van der Waals surface area contributed by atoms with Crippen molar-refractivity contribution >= 4 is 23.4 Å². The molecule has 0 atom stereocenters. The van der Waals surface area contributed by atoms with Crippen LogP contribution < -0.4 is 10.2 Å². The van der Waals surface area contributed by atoms with Gasteiger partial charge in [-0.1, -0.05) is 12.1 Å². The minimum absolute atomic E-state index is 0.0955. The van der Waals surface area contributed by atoms with Crippen molar-refractivity contribution in [2.45, 2.75) is 19.4 Å². The number of nitriles is 1. The molecule has 1 saturated heterocycles. The van der Waals surface area contributed by atoms with Gasteiger partial charge in [-0.2, -0.15) is 5.26 Å². The van der Waals surface area contributed by atoms with Gasteiger partial charge >= 0.3 is 0 Å². The van der Waals surface area contributed by atoms with Gasteiger partial charge in [0.2, 0.25) is 11.8 Å². The lowest BCUT2D eigenvalue weighted by molar-refractivity contribution is -0.129. The second-order valence-electron chi connectivity index (χ2n) is 6.94. The Kier molecular flexibility index (Phi) is 6.25. The van der Waals surface area contributed by atoms with Crippen molar-refractivity contribution in [1.82, 2.24) is 10.2 Å². The molecule has 1 aliphatic heterocycles. The summed E-state index contributed by atoms with van der Waals surface area (Å²) in [5.74, 6) is -0.468. The fourth-order valence-corrected chi connectivity index (χ4v) is 3.15. The number of benzene rings is 2. The maximum absolute atomic E-state index is 12.3. The van der Waals surface area contributed by atoms with Gasteiger partial charge in [-0.15, -0.1) is 0 Å². The number of carbonyl (C=O) groups excluding carboxylic acids is 3. The first-order valence-corrected chi connectivity index (χ1v) is 9.39. The van der Waals surface area contributed by atoms with E-state index in [1.54, 1.807) is 60.5 Å². The molecule has 7 nitrogen and oxygen atoms in total. The van der Waals surface area contributed by atoms with Crippen LogP contribution in [-0.2, 0) is 16.1 Å². The van der Waals surface area contributed by atoms with Gasteiger partial charge < -0.3 is 15.1 Å². The van der Waals surface area contributed by atoms with Crippen LogP contribution in [0.15, 0.2) is 48.5 Å². The van der Waals surface area contributed by atoms with E-state index in [2.05, 4.69) is 11.4 Å². The van der Waals surface area contributed by atoms with Gasteiger partial charge in [0.1, 0.15) is 0 Å². The largest absolute Gasteiger partial charge is 0.343 e. The highest BCUT2D eigenvalue weighted by atomic mass is 16.2. The maximum Gasteiger partial charge on any atom is 0.251 e. The standard InChI is InChI=1S/C22H22N4O3/c1-25(15-17-6-4-16(13-23)5-7-17)21(28)14-24-22(29)18-8-10-19(11-9-18)26-12-2-3-20(26)27/h4-11H,2-3,12,14-15H2,1H3,(H,24,29). The van der Waals surface area contributed by atoms with Crippen LogP contribution in [0, 0.1) is 11.3 Å². The van der Waals surface area contributed by atoms with Crippen molar-refractivity contribution in [3.05, 3.63) is 65.2 Å². The van der Waals surface area contributed by atoms with E-state index in [9.17, 15) is 14.4 Å². The highest BCUT2D eigenvalue weighted by Crippen LogP contribution is 2.21. The van der Waals surface area contributed by atoms with Crippen molar-refractivity contribution in [2.24, 2.45) is 0 Å². The summed E-state index contributed by atoms with van der Waals surface area (Å²) in [4.78, 5) is 39.6. The quantitative estimate of drug-likeness (QED) is 0.817. The Balaban J connectivity index is 1.50. The number of nitrogens with one attached hydrogen (secondary N) is 1. The summed E-state index contributed by atoms with van der Waals surface area (Å²) in [5.41, 5.74) is 2.68. The van der Waals surface area contributed by atoms with Crippen LogP contribution in [0.25, 0.3) is 0 Å². The zero-order valence-electron chi connectivity index (χ0n) is 16.2. The first kappa shape index (κ1) is 20.1. The summed E-state index contributed by atoms with van der Waals surface area (Å²) in [6.45, 7) is 0.974. The van der Waals surface area contributed by atoms with Gasteiger partial charge in [0, 0.05) is 37.8 Å². The topological polar surface area (TPSA) is 93.5 Å². The third kappa shape index (κ3) is 4.99. The van der Waals surface area contributed by atoms with Crippen molar-refractivity contribution in [2.75, 3.05) is 25.0 Å². The lowest BCUT2D eigenvalue weighted by atomic mass is 10.1. The van der Waals surface area contributed by atoms with Gasteiger partial charge in [0.25, 0.3) is 5.91 Å². The molecule has 1 heterocycles. The number of likely N-dealkylation sites (N-methyl/N-ethyl adjacent to an activating group) is 1. The Morgan fingerprint density at radius 1 is 1.14 bits per heavy atom. The molecule has 0 spiro atoms. The number of amides is 3. The van der Waals surface area contributed by atoms with E-state index >= 15 is 0 Å². The second kappa shape index (κ2) is 9.02. The molecule has 1 aliphatic rings.